The molecule has 0 unspecified atom stereocenters. The smallest absolute Gasteiger partial charge is 0.387 e. The van der Waals surface area contributed by atoms with Crippen molar-refractivity contribution in [2.75, 3.05) is 12.4 Å². The van der Waals surface area contributed by atoms with Gasteiger partial charge in [0.05, 0.1) is 18.0 Å². The van der Waals surface area contributed by atoms with E-state index in [1.807, 2.05) is 24.3 Å². The standard InChI is InChI=1S/C19H18F2N2O4S/c1-26-14-8-11(6-7-13(14)27-19(20)21)10-22-17(24)9-16-18(25)23-12-4-2-3-5-15(12)28-16/h2-8,16,19H,9-10H2,1H3,(H,22,24)(H,23,25)/t16-/m1/s1. The lowest BCUT2D eigenvalue weighted by atomic mass is 10.2. The number of benzene rings is 2. The molecule has 2 amide bonds. The third-order valence-electron chi connectivity index (χ3n) is 4.01. The van der Waals surface area contributed by atoms with Crippen molar-refractivity contribution in [1.82, 2.24) is 5.32 Å². The first kappa shape index (κ1) is 19.9. The van der Waals surface area contributed by atoms with Gasteiger partial charge in [0.15, 0.2) is 11.5 Å². The van der Waals surface area contributed by atoms with E-state index in [-0.39, 0.29) is 36.3 Å². The first-order valence-corrected chi connectivity index (χ1v) is 9.29. The van der Waals surface area contributed by atoms with E-state index in [4.69, 9.17) is 4.74 Å². The van der Waals surface area contributed by atoms with Crippen molar-refractivity contribution in [3.8, 4) is 11.5 Å². The summed E-state index contributed by atoms with van der Waals surface area (Å²) in [6.45, 7) is -2.79. The third-order valence-corrected chi connectivity index (χ3v) is 5.29. The van der Waals surface area contributed by atoms with Gasteiger partial charge in [-0.25, -0.2) is 0 Å². The summed E-state index contributed by atoms with van der Waals surface area (Å²) in [4.78, 5) is 25.3. The van der Waals surface area contributed by atoms with E-state index in [1.165, 1.54) is 31.0 Å². The van der Waals surface area contributed by atoms with Gasteiger partial charge in [0, 0.05) is 17.9 Å². The molecule has 0 bridgehead atoms. The fourth-order valence-electron chi connectivity index (χ4n) is 2.68. The average Bonchev–Trinajstić information content (AvgIpc) is 2.67. The number of anilines is 1. The van der Waals surface area contributed by atoms with E-state index in [0.717, 1.165) is 10.6 Å². The number of hydrogen-bond donors (Lipinski definition) is 2. The molecule has 0 radical (unpaired) electrons. The molecule has 0 fully saturated rings. The lowest BCUT2D eigenvalue weighted by Gasteiger charge is -2.23. The van der Waals surface area contributed by atoms with E-state index in [9.17, 15) is 18.4 Å². The molecule has 148 valence electrons. The zero-order valence-corrected chi connectivity index (χ0v) is 15.7. The number of carbonyl (C=O) groups is 2. The molecule has 0 spiro atoms. The summed E-state index contributed by atoms with van der Waals surface area (Å²) in [5.41, 5.74) is 1.39. The first-order valence-electron chi connectivity index (χ1n) is 8.41. The maximum atomic E-state index is 12.4. The second kappa shape index (κ2) is 8.92. The van der Waals surface area contributed by atoms with Crippen LogP contribution in [0.15, 0.2) is 47.4 Å². The molecule has 0 aliphatic carbocycles. The minimum atomic E-state index is -2.95. The highest BCUT2D eigenvalue weighted by Gasteiger charge is 2.28. The summed E-state index contributed by atoms with van der Waals surface area (Å²) < 4.78 is 34.1. The van der Waals surface area contributed by atoms with Crippen LogP contribution >= 0.6 is 11.8 Å². The molecule has 3 rings (SSSR count). The predicted octanol–water partition coefficient (Wildman–Crippen LogP) is 3.42. The van der Waals surface area contributed by atoms with Crippen LogP contribution in [0.25, 0.3) is 0 Å². The van der Waals surface area contributed by atoms with Crippen LogP contribution in [0.5, 0.6) is 11.5 Å². The summed E-state index contributed by atoms with van der Waals surface area (Å²) in [5.74, 6) is -0.444. The predicted molar refractivity (Wildman–Crippen MR) is 101 cm³/mol. The second-order valence-corrected chi connectivity index (χ2v) is 7.18. The van der Waals surface area contributed by atoms with Gasteiger partial charge in [-0.05, 0) is 29.8 Å². The normalized spacial score (nSPS) is 15.6. The van der Waals surface area contributed by atoms with Gasteiger partial charge in [-0.3, -0.25) is 9.59 Å². The lowest BCUT2D eigenvalue weighted by molar-refractivity contribution is -0.124. The van der Waals surface area contributed by atoms with E-state index >= 15 is 0 Å². The van der Waals surface area contributed by atoms with E-state index in [0.29, 0.717) is 5.56 Å². The highest BCUT2D eigenvalue weighted by Crippen LogP contribution is 2.36. The third kappa shape index (κ3) is 4.92. The zero-order valence-electron chi connectivity index (χ0n) is 14.9. The fourth-order valence-corrected chi connectivity index (χ4v) is 3.79. The van der Waals surface area contributed by atoms with Crippen molar-refractivity contribution in [1.29, 1.82) is 0 Å². The van der Waals surface area contributed by atoms with Gasteiger partial charge in [0.25, 0.3) is 0 Å². The van der Waals surface area contributed by atoms with Gasteiger partial charge in [-0.2, -0.15) is 8.78 Å². The Bertz CT molecular complexity index is 879. The number of methoxy groups -OCH3 is 1. The Kier molecular flexibility index (Phi) is 6.35. The van der Waals surface area contributed by atoms with Gasteiger partial charge in [0.2, 0.25) is 11.8 Å². The monoisotopic (exact) mass is 408 g/mol. The Labute approximate surface area is 164 Å². The fraction of sp³-hybridized carbons (Fsp3) is 0.263. The number of alkyl halides is 2. The van der Waals surface area contributed by atoms with Crippen molar-refractivity contribution in [3.63, 3.8) is 0 Å². The largest absolute Gasteiger partial charge is 0.493 e. The van der Waals surface area contributed by atoms with Crippen LogP contribution in [-0.4, -0.2) is 30.8 Å². The van der Waals surface area contributed by atoms with Crippen LogP contribution in [0.1, 0.15) is 12.0 Å². The molecule has 2 aromatic carbocycles. The number of carbonyl (C=O) groups excluding carboxylic acids is 2. The average molecular weight is 408 g/mol. The second-order valence-electron chi connectivity index (χ2n) is 5.94. The summed E-state index contributed by atoms with van der Waals surface area (Å²) >= 11 is 1.35. The molecular weight excluding hydrogens is 390 g/mol. The summed E-state index contributed by atoms with van der Waals surface area (Å²) in [7, 11) is 1.34. The number of amides is 2. The van der Waals surface area contributed by atoms with Crippen molar-refractivity contribution in [3.05, 3.63) is 48.0 Å². The number of para-hydroxylation sites is 1. The molecule has 1 heterocycles. The Morgan fingerprint density at radius 2 is 2.04 bits per heavy atom. The minimum absolute atomic E-state index is 0.0224. The van der Waals surface area contributed by atoms with Crippen LogP contribution < -0.4 is 20.1 Å². The molecule has 0 saturated heterocycles. The number of thioether (sulfide) groups is 1. The number of fused-ring (bicyclic) bond motifs is 1. The maximum absolute atomic E-state index is 12.4. The number of halogens is 2. The summed E-state index contributed by atoms with van der Waals surface area (Å²) in [5, 5.41) is 5.00. The molecule has 1 aliphatic heterocycles. The maximum Gasteiger partial charge on any atom is 0.387 e. The molecule has 6 nitrogen and oxygen atoms in total. The molecule has 28 heavy (non-hydrogen) atoms. The number of nitrogens with one attached hydrogen (secondary N) is 2. The van der Waals surface area contributed by atoms with Gasteiger partial charge >= 0.3 is 6.61 Å². The lowest BCUT2D eigenvalue weighted by Crippen LogP contribution is -2.34. The van der Waals surface area contributed by atoms with Gasteiger partial charge < -0.3 is 20.1 Å². The van der Waals surface area contributed by atoms with Crippen molar-refractivity contribution >= 4 is 29.3 Å². The number of ether oxygens (including phenoxy) is 2. The molecule has 0 saturated carbocycles. The van der Waals surface area contributed by atoms with Gasteiger partial charge in [-0.1, -0.05) is 18.2 Å². The molecule has 0 aromatic heterocycles. The number of rotatable bonds is 7. The SMILES string of the molecule is COc1cc(CNC(=O)C[C@H]2Sc3ccccc3NC2=O)ccc1OC(F)F. The molecule has 2 aromatic rings. The Morgan fingerprint density at radius 1 is 1.25 bits per heavy atom. The molecule has 9 heteroatoms. The molecule has 2 N–H and O–H groups in total. The Balaban J connectivity index is 1.56. The summed E-state index contributed by atoms with van der Waals surface area (Å²) in [6, 6.07) is 11.8. The highest BCUT2D eigenvalue weighted by molar-refractivity contribution is 8.01. The first-order chi connectivity index (χ1) is 13.5. The topological polar surface area (TPSA) is 76.7 Å². The van der Waals surface area contributed by atoms with Crippen LogP contribution in [-0.2, 0) is 16.1 Å². The quantitative estimate of drug-likeness (QED) is 0.734. The Morgan fingerprint density at radius 3 is 2.79 bits per heavy atom. The van der Waals surface area contributed by atoms with Gasteiger partial charge in [-0.15, -0.1) is 11.8 Å². The minimum Gasteiger partial charge on any atom is -0.493 e. The van der Waals surface area contributed by atoms with Crippen molar-refractivity contribution < 1.29 is 27.8 Å². The molecular formula is C19H18F2N2O4S. The van der Waals surface area contributed by atoms with Crippen molar-refractivity contribution in [2.24, 2.45) is 0 Å². The Hall–Kier alpha value is -2.81. The van der Waals surface area contributed by atoms with Crippen LogP contribution in [0.4, 0.5) is 14.5 Å². The van der Waals surface area contributed by atoms with Crippen LogP contribution in [0.2, 0.25) is 0 Å². The van der Waals surface area contributed by atoms with E-state index < -0.39 is 11.9 Å². The zero-order chi connectivity index (χ0) is 20.1. The van der Waals surface area contributed by atoms with E-state index in [2.05, 4.69) is 15.4 Å². The highest BCUT2D eigenvalue weighted by atomic mass is 32.2. The number of hydrogen-bond acceptors (Lipinski definition) is 5. The molecule has 1 aliphatic rings. The molecule has 1 atom stereocenters. The van der Waals surface area contributed by atoms with Crippen LogP contribution in [0, 0.1) is 0 Å². The summed E-state index contributed by atoms with van der Waals surface area (Å²) in [6.07, 6.45) is 0.0224. The van der Waals surface area contributed by atoms with Crippen molar-refractivity contribution in [2.45, 2.75) is 29.7 Å². The van der Waals surface area contributed by atoms with Gasteiger partial charge in [0.1, 0.15) is 0 Å². The van der Waals surface area contributed by atoms with E-state index in [1.54, 1.807) is 6.07 Å². The van der Waals surface area contributed by atoms with Crippen LogP contribution in [0.3, 0.4) is 0 Å².